The summed E-state index contributed by atoms with van der Waals surface area (Å²) < 4.78 is 5.33. The fourth-order valence-electron chi connectivity index (χ4n) is 6.32. The van der Waals surface area contributed by atoms with E-state index in [0.29, 0.717) is 42.5 Å². The van der Waals surface area contributed by atoms with Gasteiger partial charge in [-0.25, -0.2) is 0 Å². The lowest BCUT2D eigenvalue weighted by Gasteiger charge is -2.36. The smallest absolute Gasteiger partial charge is 0.230 e. The van der Waals surface area contributed by atoms with Gasteiger partial charge in [-0.1, -0.05) is 18.2 Å². The highest BCUT2D eigenvalue weighted by Crippen LogP contribution is 2.39. The third kappa shape index (κ3) is 7.56. The van der Waals surface area contributed by atoms with Gasteiger partial charge in [0.15, 0.2) is 0 Å². The molecule has 0 atom stereocenters. The van der Waals surface area contributed by atoms with Crippen LogP contribution < -0.4 is 9.64 Å². The number of carbonyl (C=O) groups is 1. The fraction of sp³-hybridized carbons (Fsp3) is 0.500. The largest absolute Gasteiger partial charge is 0.495 e. The highest BCUT2D eigenvalue weighted by Gasteiger charge is 2.32. The molecule has 0 spiro atoms. The zero-order valence-electron chi connectivity index (χ0n) is 24.8. The summed E-state index contributed by atoms with van der Waals surface area (Å²) in [6.07, 6.45) is 8.65. The van der Waals surface area contributed by atoms with Gasteiger partial charge in [-0.3, -0.25) is 9.80 Å². The summed E-state index contributed by atoms with van der Waals surface area (Å²) in [5, 5.41) is 25.4. The highest BCUT2D eigenvalue weighted by atomic mass is 16.5. The highest BCUT2D eigenvalue weighted by molar-refractivity contribution is 5.95. The number of allylic oxidation sites excluding steroid dienone is 1. The van der Waals surface area contributed by atoms with Crippen LogP contribution in [0.1, 0.15) is 87.8 Å². The summed E-state index contributed by atoms with van der Waals surface area (Å²) in [6.45, 7) is 9.16. The van der Waals surface area contributed by atoms with Crippen molar-refractivity contribution in [2.75, 3.05) is 25.1 Å². The molecule has 2 aromatic carbocycles. The standard InChI is InChI=1S/C34H44N4O3/c1-5-37(36-3)22-24(2)28-7-6-8-31(20-28)38(34(40)27-13-16-32(39)17-14-27)23-25-9-11-26(12-10-25)29-15-18-33(41-4)30(19-29)21-35/h6-8,15,18-20,22,25-27,32,39H,3,5,9-14,16-17,23H2,1-2,4H3/b24-22+. The van der Waals surface area contributed by atoms with Crippen LogP contribution in [0, 0.1) is 23.2 Å². The number of anilines is 1. The molecule has 4 rings (SSSR count). The van der Waals surface area contributed by atoms with Gasteiger partial charge in [0.2, 0.25) is 5.91 Å². The van der Waals surface area contributed by atoms with Crippen molar-refractivity contribution < 1.29 is 14.6 Å². The van der Waals surface area contributed by atoms with Crippen molar-refractivity contribution in [3.8, 4) is 11.8 Å². The second-order valence-corrected chi connectivity index (χ2v) is 11.5. The first-order valence-electron chi connectivity index (χ1n) is 15.0. The van der Waals surface area contributed by atoms with Crippen molar-refractivity contribution in [3.63, 3.8) is 0 Å². The number of aliphatic hydroxyl groups is 1. The molecule has 7 nitrogen and oxygen atoms in total. The number of nitriles is 1. The van der Waals surface area contributed by atoms with Gasteiger partial charge in [0, 0.05) is 37.6 Å². The van der Waals surface area contributed by atoms with Crippen LogP contribution in [0.25, 0.3) is 5.57 Å². The molecule has 2 aromatic rings. The van der Waals surface area contributed by atoms with Gasteiger partial charge >= 0.3 is 0 Å². The van der Waals surface area contributed by atoms with Gasteiger partial charge in [0.05, 0.1) is 18.8 Å². The Labute approximate surface area is 245 Å². The molecule has 218 valence electrons. The number of ether oxygens (including phenoxy) is 1. The third-order valence-electron chi connectivity index (χ3n) is 8.88. The molecule has 1 N–H and O–H groups in total. The number of hydrogen-bond donors (Lipinski definition) is 1. The quantitative estimate of drug-likeness (QED) is 0.259. The van der Waals surface area contributed by atoms with E-state index in [1.807, 2.05) is 42.3 Å². The summed E-state index contributed by atoms with van der Waals surface area (Å²) in [5.41, 5.74) is 4.82. The number of aliphatic hydroxyl groups excluding tert-OH is 1. The molecule has 2 aliphatic carbocycles. The number of benzene rings is 2. The minimum atomic E-state index is -0.293. The summed E-state index contributed by atoms with van der Waals surface area (Å²) in [4.78, 5) is 16.0. The molecular formula is C34H44N4O3. The van der Waals surface area contributed by atoms with Crippen LogP contribution in [0.4, 0.5) is 5.69 Å². The molecule has 7 heteroatoms. The monoisotopic (exact) mass is 556 g/mol. The van der Waals surface area contributed by atoms with Crippen molar-refractivity contribution in [1.29, 1.82) is 5.26 Å². The predicted molar refractivity (Wildman–Crippen MR) is 165 cm³/mol. The minimum Gasteiger partial charge on any atom is -0.495 e. The Morgan fingerprint density at radius 3 is 2.49 bits per heavy atom. The number of methoxy groups -OCH3 is 1. The van der Waals surface area contributed by atoms with Gasteiger partial charge in [0.25, 0.3) is 0 Å². The first kappa shape index (κ1) is 30.3. The van der Waals surface area contributed by atoms with E-state index >= 15 is 0 Å². The topological polar surface area (TPSA) is 89.2 Å². The van der Waals surface area contributed by atoms with Crippen LogP contribution in [0.5, 0.6) is 5.75 Å². The molecule has 1 amide bonds. The number of hydrogen-bond acceptors (Lipinski definition) is 6. The molecule has 2 fully saturated rings. The van der Waals surface area contributed by atoms with Crippen LogP contribution in [-0.2, 0) is 4.79 Å². The van der Waals surface area contributed by atoms with Gasteiger partial charge in [-0.2, -0.15) is 10.4 Å². The van der Waals surface area contributed by atoms with Crippen LogP contribution >= 0.6 is 0 Å². The molecular weight excluding hydrogens is 512 g/mol. The van der Waals surface area contributed by atoms with E-state index in [2.05, 4.69) is 43.0 Å². The molecule has 0 unspecified atom stereocenters. The Bertz CT molecular complexity index is 1270. The van der Waals surface area contributed by atoms with Crippen LogP contribution in [0.15, 0.2) is 53.8 Å². The Morgan fingerprint density at radius 1 is 1.12 bits per heavy atom. The number of carbonyl (C=O) groups excluding carboxylic acids is 1. The van der Waals surface area contributed by atoms with E-state index in [4.69, 9.17) is 4.74 Å². The summed E-state index contributed by atoms with van der Waals surface area (Å²) in [7, 11) is 1.59. The second kappa shape index (κ2) is 14.3. The summed E-state index contributed by atoms with van der Waals surface area (Å²) in [6, 6.07) is 16.5. The number of hydrazone groups is 1. The maximum atomic E-state index is 14.0. The second-order valence-electron chi connectivity index (χ2n) is 11.5. The average molecular weight is 557 g/mol. The predicted octanol–water partition coefficient (Wildman–Crippen LogP) is 6.72. The molecule has 0 heterocycles. The minimum absolute atomic E-state index is 0.0562. The zero-order valence-corrected chi connectivity index (χ0v) is 24.8. The van der Waals surface area contributed by atoms with Crippen molar-refractivity contribution >= 4 is 23.9 Å². The van der Waals surface area contributed by atoms with E-state index in [1.54, 1.807) is 12.1 Å². The van der Waals surface area contributed by atoms with Gasteiger partial charge in [-0.05, 0) is 118 Å². The van der Waals surface area contributed by atoms with Crippen LogP contribution in [0.2, 0.25) is 0 Å². The maximum absolute atomic E-state index is 14.0. The van der Waals surface area contributed by atoms with Crippen LogP contribution in [0.3, 0.4) is 0 Å². The first-order valence-corrected chi connectivity index (χ1v) is 15.0. The Balaban J connectivity index is 1.52. The van der Waals surface area contributed by atoms with E-state index in [-0.39, 0.29) is 17.9 Å². The van der Waals surface area contributed by atoms with Gasteiger partial charge in [-0.15, -0.1) is 0 Å². The summed E-state index contributed by atoms with van der Waals surface area (Å²) in [5.74, 6) is 1.54. The Kier molecular flexibility index (Phi) is 10.6. The molecule has 41 heavy (non-hydrogen) atoms. The normalized spacial score (nSPS) is 22.9. The van der Waals surface area contributed by atoms with E-state index in [9.17, 15) is 15.2 Å². The zero-order chi connectivity index (χ0) is 29.4. The van der Waals surface area contributed by atoms with E-state index in [0.717, 1.165) is 61.9 Å². The fourth-order valence-corrected chi connectivity index (χ4v) is 6.32. The van der Waals surface area contributed by atoms with Crippen molar-refractivity contribution in [3.05, 3.63) is 65.4 Å². The molecule has 0 aromatic heterocycles. The van der Waals surface area contributed by atoms with Crippen molar-refractivity contribution in [2.24, 2.45) is 16.9 Å². The average Bonchev–Trinajstić information content (AvgIpc) is 3.02. The molecule has 0 bridgehead atoms. The lowest BCUT2D eigenvalue weighted by atomic mass is 9.78. The number of rotatable bonds is 10. The van der Waals surface area contributed by atoms with E-state index in [1.165, 1.54) is 5.56 Å². The van der Waals surface area contributed by atoms with Crippen molar-refractivity contribution in [2.45, 2.75) is 77.2 Å². The first-order chi connectivity index (χ1) is 19.9. The lowest BCUT2D eigenvalue weighted by molar-refractivity contribution is -0.124. The Hall–Kier alpha value is -3.63. The molecule has 0 aliphatic heterocycles. The third-order valence-corrected chi connectivity index (χ3v) is 8.88. The molecule has 2 aliphatic rings. The molecule has 0 radical (unpaired) electrons. The van der Waals surface area contributed by atoms with Gasteiger partial charge < -0.3 is 14.7 Å². The SMILES string of the molecule is C=NN(/C=C(\C)c1cccc(N(CC2CCC(c3ccc(OC)c(C#N)c3)CC2)C(=O)C2CCC(O)CC2)c1)CC. The van der Waals surface area contributed by atoms with Crippen molar-refractivity contribution in [1.82, 2.24) is 5.01 Å². The number of amides is 1. The lowest BCUT2D eigenvalue weighted by Crippen LogP contribution is -2.41. The molecule has 0 saturated heterocycles. The summed E-state index contributed by atoms with van der Waals surface area (Å²) >= 11 is 0. The number of nitrogens with zero attached hydrogens (tertiary/aromatic N) is 4. The van der Waals surface area contributed by atoms with Crippen LogP contribution in [-0.4, -0.2) is 49.0 Å². The Morgan fingerprint density at radius 2 is 1.85 bits per heavy atom. The maximum Gasteiger partial charge on any atom is 0.230 e. The molecule has 2 saturated carbocycles. The van der Waals surface area contributed by atoms with E-state index < -0.39 is 0 Å². The van der Waals surface area contributed by atoms with Gasteiger partial charge in [0.1, 0.15) is 11.8 Å².